The number of allylic oxidation sites excluding steroid dienone is 1. The van der Waals surface area contributed by atoms with Crippen LogP contribution < -0.4 is 0 Å². The van der Waals surface area contributed by atoms with E-state index in [0.717, 1.165) is 19.3 Å². The monoisotopic (exact) mass is 182 g/mol. The van der Waals surface area contributed by atoms with Crippen molar-refractivity contribution in [2.24, 2.45) is 0 Å². The summed E-state index contributed by atoms with van der Waals surface area (Å²) in [4.78, 5) is 11.2. The van der Waals surface area contributed by atoms with Gasteiger partial charge in [0, 0.05) is 5.57 Å². The first kappa shape index (κ1) is 11.9. The predicted octanol–water partition coefficient (Wildman–Crippen LogP) is 2.85. The Morgan fingerprint density at radius 3 is 2.77 bits per heavy atom. The van der Waals surface area contributed by atoms with Gasteiger partial charge in [-0.2, -0.15) is 0 Å². The molecular formula is C11H18O2. The molecular weight excluding hydrogens is 164 g/mol. The van der Waals surface area contributed by atoms with E-state index in [0.29, 0.717) is 5.57 Å². The van der Waals surface area contributed by atoms with Gasteiger partial charge in [-0.3, -0.25) is 0 Å². The standard InChI is InChI=1S/C11H18O2/c1-4-6-7-8-10(3)11(12)13-9-5-2/h5,8H,2,4,6-7,9H2,1,3H3/b10-8-. The maximum atomic E-state index is 11.2. The predicted molar refractivity (Wildman–Crippen MR) is 54.4 cm³/mol. The van der Waals surface area contributed by atoms with Crippen LogP contribution in [0.5, 0.6) is 0 Å². The quantitative estimate of drug-likeness (QED) is 0.273. The fraction of sp³-hybridized carbons (Fsp3) is 0.545. The summed E-state index contributed by atoms with van der Waals surface area (Å²) in [5, 5.41) is 0. The van der Waals surface area contributed by atoms with E-state index in [9.17, 15) is 4.79 Å². The summed E-state index contributed by atoms with van der Waals surface area (Å²) in [5.41, 5.74) is 0.690. The highest BCUT2D eigenvalue weighted by Gasteiger charge is 2.02. The minimum atomic E-state index is -0.240. The van der Waals surface area contributed by atoms with E-state index < -0.39 is 0 Å². The Labute approximate surface area is 80.3 Å². The van der Waals surface area contributed by atoms with Crippen molar-refractivity contribution in [1.82, 2.24) is 0 Å². The maximum Gasteiger partial charge on any atom is 0.333 e. The highest BCUT2D eigenvalue weighted by molar-refractivity contribution is 5.87. The largest absolute Gasteiger partial charge is 0.458 e. The molecule has 0 aromatic carbocycles. The number of ether oxygens (including phenoxy) is 1. The molecule has 0 aliphatic carbocycles. The van der Waals surface area contributed by atoms with E-state index >= 15 is 0 Å². The number of hydrogen-bond donors (Lipinski definition) is 0. The van der Waals surface area contributed by atoms with Gasteiger partial charge in [-0.15, -0.1) is 0 Å². The summed E-state index contributed by atoms with van der Waals surface area (Å²) in [6.07, 6.45) is 6.70. The Hall–Kier alpha value is -1.05. The van der Waals surface area contributed by atoms with Gasteiger partial charge in [0.1, 0.15) is 6.61 Å². The van der Waals surface area contributed by atoms with E-state index in [1.165, 1.54) is 0 Å². The van der Waals surface area contributed by atoms with E-state index in [1.54, 1.807) is 13.0 Å². The van der Waals surface area contributed by atoms with Gasteiger partial charge in [-0.25, -0.2) is 4.79 Å². The van der Waals surface area contributed by atoms with Gasteiger partial charge in [0.2, 0.25) is 0 Å². The van der Waals surface area contributed by atoms with Crippen molar-refractivity contribution < 1.29 is 9.53 Å². The van der Waals surface area contributed by atoms with E-state index in [-0.39, 0.29) is 12.6 Å². The first-order chi connectivity index (χ1) is 6.22. The van der Waals surface area contributed by atoms with Crippen LogP contribution in [0.15, 0.2) is 24.3 Å². The highest BCUT2D eigenvalue weighted by Crippen LogP contribution is 2.02. The Morgan fingerprint density at radius 2 is 2.23 bits per heavy atom. The van der Waals surface area contributed by atoms with Gasteiger partial charge in [-0.05, 0) is 13.3 Å². The molecule has 0 saturated carbocycles. The molecule has 0 N–H and O–H groups in total. The zero-order valence-corrected chi connectivity index (χ0v) is 8.51. The van der Waals surface area contributed by atoms with Crippen LogP contribution in [0.3, 0.4) is 0 Å². The highest BCUT2D eigenvalue weighted by atomic mass is 16.5. The summed E-state index contributed by atoms with van der Waals surface area (Å²) in [7, 11) is 0. The summed E-state index contributed by atoms with van der Waals surface area (Å²) in [6, 6.07) is 0. The molecule has 0 radical (unpaired) electrons. The normalized spacial score (nSPS) is 11.1. The Balaban J connectivity index is 3.79. The molecule has 2 nitrogen and oxygen atoms in total. The molecule has 0 spiro atoms. The number of hydrogen-bond acceptors (Lipinski definition) is 2. The molecule has 0 aliphatic heterocycles. The molecule has 0 aliphatic rings. The van der Waals surface area contributed by atoms with Crippen molar-refractivity contribution >= 4 is 5.97 Å². The maximum absolute atomic E-state index is 11.2. The van der Waals surface area contributed by atoms with Crippen LogP contribution >= 0.6 is 0 Å². The number of unbranched alkanes of at least 4 members (excludes halogenated alkanes) is 2. The Kier molecular flexibility index (Phi) is 6.98. The third-order valence-electron chi connectivity index (χ3n) is 1.66. The van der Waals surface area contributed by atoms with Gasteiger partial charge in [0.15, 0.2) is 0 Å². The summed E-state index contributed by atoms with van der Waals surface area (Å²) >= 11 is 0. The Bertz CT molecular complexity index is 192. The van der Waals surface area contributed by atoms with Crippen LogP contribution in [-0.4, -0.2) is 12.6 Å². The first-order valence-electron chi connectivity index (χ1n) is 4.67. The third-order valence-corrected chi connectivity index (χ3v) is 1.66. The zero-order valence-electron chi connectivity index (χ0n) is 8.51. The summed E-state index contributed by atoms with van der Waals surface area (Å²) < 4.78 is 4.86. The number of rotatable bonds is 6. The first-order valence-corrected chi connectivity index (χ1v) is 4.67. The van der Waals surface area contributed by atoms with Gasteiger partial charge in [-0.1, -0.05) is 38.5 Å². The minimum Gasteiger partial charge on any atom is -0.458 e. The molecule has 0 atom stereocenters. The lowest BCUT2D eigenvalue weighted by atomic mass is 10.2. The van der Waals surface area contributed by atoms with Crippen molar-refractivity contribution in [2.75, 3.05) is 6.61 Å². The molecule has 0 aromatic rings. The fourth-order valence-corrected chi connectivity index (χ4v) is 0.854. The molecule has 0 saturated heterocycles. The molecule has 74 valence electrons. The lowest BCUT2D eigenvalue weighted by Crippen LogP contribution is -2.05. The van der Waals surface area contributed by atoms with Crippen LogP contribution in [0.4, 0.5) is 0 Å². The molecule has 0 rings (SSSR count). The van der Waals surface area contributed by atoms with Crippen LogP contribution in [0.2, 0.25) is 0 Å². The van der Waals surface area contributed by atoms with Crippen LogP contribution in [0.1, 0.15) is 33.1 Å². The lowest BCUT2D eigenvalue weighted by Gasteiger charge is -2.01. The van der Waals surface area contributed by atoms with E-state index in [1.807, 2.05) is 6.08 Å². The Morgan fingerprint density at radius 1 is 1.54 bits per heavy atom. The lowest BCUT2D eigenvalue weighted by molar-refractivity contribution is -0.137. The smallest absolute Gasteiger partial charge is 0.333 e. The molecule has 0 aromatic heterocycles. The molecule has 2 heteroatoms. The molecule has 0 heterocycles. The molecule has 0 unspecified atom stereocenters. The van der Waals surface area contributed by atoms with Gasteiger partial charge in [0.25, 0.3) is 0 Å². The van der Waals surface area contributed by atoms with Crippen molar-refractivity contribution in [3.05, 3.63) is 24.3 Å². The number of carbonyl (C=O) groups excluding carboxylic acids is 1. The zero-order chi connectivity index (χ0) is 10.1. The second-order valence-corrected chi connectivity index (χ2v) is 2.92. The molecule has 0 fully saturated rings. The van der Waals surface area contributed by atoms with Gasteiger partial charge < -0.3 is 4.74 Å². The molecule has 0 amide bonds. The second kappa shape index (κ2) is 7.59. The average Bonchev–Trinajstić information content (AvgIpc) is 2.14. The summed E-state index contributed by atoms with van der Waals surface area (Å²) in [6.45, 7) is 7.66. The number of esters is 1. The second-order valence-electron chi connectivity index (χ2n) is 2.92. The van der Waals surface area contributed by atoms with Gasteiger partial charge in [0.05, 0.1) is 0 Å². The SMILES string of the molecule is C=CCOC(=O)/C(C)=C\CCCC. The van der Waals surface area contributed by atoms with Crippen LogP contribution in [0, 0.1) is 0 Å². The van der Waals surface area contributed by atoms with Crippen LogP contribution in [-0.2, 0) is 9.53 Å². The molecule has 0 bridgehead atoms. The van der Waals surface area contributed by atoms with Crippen molar-refractivity contribution in [2.45, 2.75) is 33.1 Å². The van der Waals surface area contributed by atoms with E-state index in [4.69, 9.17) is 4.74 Å². The van der Waals surface area contributed by atoms with Crippen molar-refractivity contribution in [3.8, 4) is 0 Å². The van der Waals surface area contributed by atoms with Gasteiger partial charge >= 0.3 is 5.97 Å². The van der Waals surface area contributed by atoms with E-state index in [2.05, 4.69) is 13.5 Å². The summed E-state index contributed by atoms with van der Waals surface area (Å²) in [5.74, 6) is -0.240. The molecule has 13 heavy (non-hydrogen) atoms. The van der Waals surface area contributed by atoms with Crippen molar-refractivity contribution in [3.63, 3.8) is 0 Å². The minimum absolute atomic E-state index is 0.240. The van der Waals surface area contributed by atoms with Crippen LogP contribution in [0.25, 0.3) is 0 Å². The number of carbonyl (C=O) groups is 1. The third kappa shape index (κ3) is 6.14. The fourth-order valence-electron chi connectivity index (χ4n) is 0.854. The average molecular weight is 182 g/mol. The topological polar surface area (TPSA) is 26.3 Å². The van der Waals surface area contributed by atoms with Crippen molar-refractivity contribution in [1.29, 1.82) is 0 Å².